The second-order valence-electron chi connectivity index (χ2n) is 5.17. The monoisotopic (exact) mass is 380 g/mol. The minimum absolute atomic E-state index is 0.0292. The molecule has 1 aromatic carbocycles. The van der Waals surface area contributed by atoms with E-state index in [1.807, 2.05) is 0 Å². The molecule has 0 aromatic heterocycles. The van der Waals surface area contributed by atoms with Gasteiger partial charge in [0.2, 0.25) is 0 Å². The standard InChI is InChI=1S/C13H12F8N2O2/c1-10(11(2,14)15,12(16,17)18)23-9(24)22-7-4-3-5-8(6-7)25-13(19,20)21/h3-6H,1-2H3,(H2,22,23,24). The number of hydrogen-bond acceptors (Lipinski definition) is 2. The molecule has 0 fully saturated rings. The van der Waals surface area contributed by atoms with E-state index in [0.29, 0.717) is 6.07 Å². The number of carbonyl (C=O) groups is 1. The van der Waals surface area contributed by atoms with Gasteiger partial charge in [-0.1, -0.05) is 6.07 Å². The number of alkyl halides is 8. The first-order chi connectivity index (χ1) is 11.1. The Balaban J connectivity index is 2.94. The van der Waals surface area contributed by atoms with Gasteiger partial charge in [-0.3, -0.25) is 0 Å². The predicted molar refractivity (Wildman–Crippen MR) is 70.4 cm³/mol. The van der Waals surface area contributed by atoms with E-state index in [2.05, 4.69) is 4.74 Å². The number of benzene rings is 1. The molecule has 0 aliphatic carbocycles. The molecular weight excluding hydrogens is 368 g/mol. The van der Waals surface area contributed by atoms with Crippen LogP contribution in [0, 0.1) is 0 Å². The number of rotatable bonds is 4. The van der Waals surface area contributed by atoms with Crippen molar-refractivity contribution in [1.82, 2.24) is 5.32 Å². The van der Waals surface area contributed by atoms with Crippen molar-refractivity contribution in [3.8, 4) is 5.75 Å². The van der Waals surface area contributed by atoms with Gasteiger partial charge in [0.15, 0.2) is 5.54 Å². The zero-order chi connectivity index (χ0) is 19.7. The van der Waals surface area contributed by atoms with Crippen LogP contribution in [-0.2, 0) is 0 Å². The molecule has 1 unspecified atom stereocenters. The van der Waals surface area contributed by atoms with E-state index in [4.69, 9.17) is 0 Å². The lowest BCUT2D eigenvalue weighted by molar-refractivity contribution is -0.274. The molecule has 0 aliphatic rings. The fraction of sp³-hybridized carbons (Fsp3) is 0.462. The highest BCUT2D eigenvalue weighted by molar-refractivity contribution is 5.90. The average Bonchev–Trinajstić information content (AvgIpc) is 2.33. The van der Waals surface area contributed by atoms with Crippen LogP contribution < -0.4 is 15.4 Å². The molecule has 2 amide bonds. The van der Waals surface area contributed by atoms with Crippen LogP contribution in [0.5, 0.6) is 5.75 Å². The fourth-order valence-corrected chi connectivity index (χ4v) is 1.59. The summed E-state index contributed by atoms with van der Waals surface area (Å²) in [5.41, 5.74) is -4.30. The Morgan fingerprint density at radius 3 is 2.00 bits per heavy atom. The second kappa shape index (κ2) is 6.56. The first-order valence-corrected chi connectivity index (χ1v) is 6.45. The van der Waals surface area contributed by atoms with Gasteiger partial charge in [-0.2, -0.15) is 13.2 Å². The zero-order valence-corrected chi connectivity index (χ0v) is 12.6. The molecule has 1 atom stereocenters. The summed E-state index contributed by atoms with van der Waals surface area (Å²) >= 11 is 0. The number of halogens is 8. The third kappa shape index (κ3) is 5.36. The van der Waals surface area contributed by atoms with Gasteiger partial charge in [0.1, 0.15) is 5.75 Å². The van der Waals surface area contributed by atoms with Crippen LogP contribution in [0.1, 0.15) is 13.8 Å². The Labute approximate surface area is 136 Å². The van der Waals surface area contributed by atoms with E-state index in [-0.39, 0.29) is 13.8 Å². The number of ether oxygens (including phenoxy) is 1. The molecule has 0 saturated heterocycles. The number of amides is 2. The molecule has 0 saturated carbocycles. The highest BCUT2D eigenvalue weighted by Crippen LogP contribution is 2.41. The van der Waals surface area contributed by atoms with Gasteiger partial charge in [0.25, 0.3) is 5.92 Å². The number of hydrogen-bond donors (Lipinski definition) is 2. The average molecular weight is 380 g/mol. The lowest BCUT2D eigenvalue weighted by Gasteiger charge is -2.37. The largest absolute Gasteiger partial charge is 0.573 e. The van der Waals surface area contributed by atoms with E-state index in [1.165, 1.54) is 0 Å². The smallest absolute Gasteiger partial charge is 0.406 e. The summed E-state index contributed by atoms with van der Waals surface area (Å²) in [6, 6.07) is 1.87. The molecule has 12 heteroatoms. The maximum absolute atomic E-state index is 13.3. The summed E-state index contributed by atoms with van der Waals surface area (Å²) < 4.78 is 105. The van der Waals surface area contributed by atoms with Crippen LogP contribution in [-0.4, -0.2) is 30.0 Å². The molecule has 0 bridgehead atoms. The normalized spacial score (nSPS) is 15.3. The summed E-state index contributed by atoms with van der Waals surface area (Å²) in [6.45, 7) is 0.0499. The topological polar surface area (TPSA) is 50.4 Å². The second-order valence-corrected chi connectivity index (χ2v) is 5.17. The number of anilines is 1. The van der Waals surface area contributed by atoms with Gasteiger partial charge in [0.05, 0.1) is 0 Å². The van der Waals surface area contributed by atoms with Gasteiger partial charge in [-0.25, -0.2) is 13.6 Å². The third-order valence-corrected chi connectivity index (χ3v) is 3.13. The molecule has 142 valence electrons. The molecule has 4 nitrogen and oxygen atoms in total. The van der Waals surface area contributed by atoms with E-state index in [0.717, 1.165) is 23.5 Å². The van der Waals surface area contributed by atoms with Crippen LogP contribution in [0.2, 0.25) is 0 Å². The summed E-state index contributed by atoms with van der Waals surface area (Å²) in [5.74, 6) is -5.13. The van der Waals surface area contributed by atoms with Crippen molar-refractivity contribution in [2.75, 3.05) is 5.32 Å². The zero-order valence-electron chi connectivity index (χ0n) is 12.6. The van der Waals surface area contributed by atoms with Crippen molar-refractivity contribution in [2.45, 2.75) is 37.8 Å². The van der Waals surface area contributed by atoms with E-state index < -0.39 is 41.5 Å². The molecule has 0 radical (unpaired) electrons. The third-order valence-electron chi connectivity index (χ3n) is 3.13. The molecule has 2 N–H and O–H groups in total. The minimum atomic E-state index is -5.50. The predicted octanol–water partition coefficient (Wildman–Crippen LogP) is 4.68. The van der Waals surface area contributed by atoms with Crippen molar-refractivity contribution in [2.24, 2.45) is 0 Å². The Bertz CT molecular complexity index is 608. The summed E-state index contributed by atoms with van der Waals surface area (Å²) in [5, 5.41) is 2.84. The lowest BCUT2D eigenvalue weighted by atomic mass is 9.94. The van der Waals surface area contributed by atoms with Gasteiger partial charge >= 0.3 is 18.6 Å². The minimum Gasteiger partial charge on any atom is -0.406 e. The van der Waals surface area contributed by atoms with Gasteiger partial charge < -0.3 is 15.4 Å². The Kier molecular flexibility index (Phi) is 5.45. The van der Waals surface area contributed by atoms with Gasteiger partial charge in [-0.05, 0) is 19.1 Å². The first-order valence-electron chi connectivity index (χ1n) is 6.45. The Morgan fingerprint density at radius 1 is 1.00 bits per heavy atom. The van der Waals surface area contributed by atoms with Crippen LogP contribution in [0.15, 0.2) is 24.3 Å². The van der Waals surface area contributed by atoms with Gasteiger partial charge in [-0.15, -0.1) is 13.2 Å². The quantitative estimate of drug-likeness (QED) is 0.745. The summed E-state index contributed by atoms with van der Waals surface area (Å²) in [4.78, 5) is 11.6. The van der Waals surface area contributed by atoms with Crippen molar-refractivity contribution in [3.05, 3.63) is 24.3 Å². The van der Waals surface area contributed by atoms with E-state index in [1.54, 1.807) is 5.32 Å². The maximum Gasteiger partial charge on any atom is 0.573 e. The molecule has 0 aliphatic heterocycles. The number of nitrogens with one attached hydrogen (secondary N) is 2. The van der Waals surface area contributed by atoms with Crippen molar-refractivity contribution in [3.63, 3.8) is 0 Å². The Hall–Kier alpha value is -2.27. The van der Waals surface area contributed by atoms with Crippen molar-refractivity contribution in [1.29, 1.82) is 0 Å². The molecule has 1 rings (SSSR count). The van der Waals surface area contributed by atoms with Gasteiger partial charge in [0, 0.05) is 18.7 Å². The molecule has 25 heavy (non-hydrogen) atoms. The molecule has 0 spiro atoms. The first kappa shape index (κ1) is 20.8. The summed E-state index contributed by atoms with van der Waals surface area (Å²) in [6.07, 6.45) is -10.5. The molecular formula is C13H12F8N2O2. The lowest BCUT2D eigenvalue weighted by Crippen LogP contribution is -2.66. The fourth-order valence-electron chi connectivity index (χ4n) is 1.59. The van der Waals surface area contributed by atoms with Crippen LogP contribution in [0.4, 0.5) is 45.6 Å². The highest BCUT2D eigenvalue weighted by Gasteiger charge is 2.65. The molecule has 1 aromatic rings. The summed E-state index contributed by atoms with van der Waals surface area (Å²) in [7, 11) is 0. The number of urea groups is 1. The van der Waals surface area contributed by atoms with Crippen molar-refractivity contribution < 1.29 is 44.7 Å². The molecule has 0 heterocycles. The van der Waals surface area contributed by atoms with Crippen LogP contribution in [0.3, 0.4) is 0 Å². The van der Waals surface area contributed by atoms with Crippen LogP contribution in [0.25, 0.3) is 0 Å². The van der Waals surface area contributed by atoms with E-state index in [9.17, 15) is 39.9 Å². The maximum atomic E-state index is 13.3. The van der Waals surface area contributed by atoms with E-state index >= 15 is 0 Å². The van der Waals surface area contributed by atoms with Crippen molar-refractivity contribution >= 4 is 11.7 Å². The Morgan fingerprint density at radius 2 is 1.56 bits per heavy atom. The van der Waals surface area contributed by atoms with Crippen LogP contribution >= 0.6 is 0 Å². The SMILES string of the molecule is CC(F)(F)C(C)(NC(=O)Nc1cccc(OC(F)(F)F)c1)C(F)(F)F. The number of carbonyl (C=O) groups excluding carboxylic acids is 1. The highest BCUT2D eigenvalue weighted by atomic mass is 19.4.